The van der Waals surface area contributed by atoms with Crippen molar-refractivity contribution in [2.75, 3.05) is 6.61 Å². The van der Waals surface area contributed by atoms with Gasteiger partial charge in [-0.1, -0.05) is 163 Å². The maximum absolute atomic E-state index is 11.2. The van der Waals surface area contributed by atoms with Gasteiger partial charge in [0.05, 0.1) is 0 Å². The minimum Gasteiger partial charge on any atom is -0.507 e. The van der Waals surface area contributed by atoms with Crippen LogP contribution in [0, 0.1) is 0 Å². The Morgan fingerprint density at radius 2 is 0.932 bits per heavy atom. The van der Waals surface area contributed by atoms with Gasteiger partial charge < -0.3 is 9.84 Å². The maximum atomic E-state index is 11.2. The number of rotatable bonds is 8. The zero-order valence-corrected chi connectivity index (χ0v) is 25.3. The molecule has 44 heavy (non-hydrogen) atoms. The van der Waals surface area contributed by atoms with E-state index in [1.165, 1.54) is 15.6 Å². The molecule has 2 nitrogen and oxygen atoms in total. The molecule has 0 amide bonds. The topological polar surface area (TPSA) is 29.5 Å². The Hall–Kier alpha value is -5.38. The first-order chi connectivity index (χ1) is 21.8. The summed E-state index contributed by atoms with van der Waals surface area (Å²) < 4.78 is 6.63. The van der Waals surface area contributed by atoms with Gasteiger partial charge in [-0.05, 0) is 49.2 Å². The Morgan fingerprint density at radius 3 is 1.48 bits per heavy atom. The number of hydrogen-bond acceptors (Lipinski definition) is 2. The van der Waals surface area contributed by atoms with E-state index in [0.717, 1.165) is 38.4 Å². The third-order valence-corrected chi connectivity index (χ3v) is 12.9. The second-order valence-electron chi connectivity index (χ2n) is 11.0. The molecule has 0 aromatic heterocycles. The van der Waals surface area contributed by atoms with Gasteiger partial charge in [-0.25, -0.2) is 0 Å². The van der Waals surface area contributed by atoms with E-state index in [1.54, 1.807) is 6.07 Å². The van der Waals surface area contributed by atoms with Crippen LogP contribution in [0.15, 0.2) is 176 Å². The lowest BCUT2D eigenvalue weighted by Crippen LogP contribution is -2.66. The van der Waals surface area contributed by atoms with E-state index in [1.807, 2.05) is 36.4 Å². The van der Waals surface area contributed by atoms with Crippen molar-refractivity contribution in [3.63, 3.8) is 0 Å². The number of hydrogen-bond donors (Lipinski definition) is 1. The summed E-state index contributed by atoms with van der Waals surface area (Å²) in [5.74, 6) is 0.982. The number of benzene rings is 7. The van der Waals surface area contributed by atoms with Gasteiger partial charge in [0.25, 0.3) is 0 Å². The van der Waals surface area contributed by atoms with Crippen LogP contribution in [-0.2, 0) is 0 Å². The predicted molar refractivity (Wildman–Crippen MR) is 187 cm³/mol. The molecular weight excluding hydrogens is 553 g/mol. The van der Waals surface area contributed by atoms with E-state index in [-0.39, 0.29) is 5.75 Å². The van der Waals surface area contributed by atoms with Gasteiger partial charge in [0.2, 0.25) is 0 Å². The average Bonchev–Trinajstić information content (AvgIpc) is 3.10. The van der Waals surface area contributed by atoms with Crippen LogP contribution in [0.3, 0.4) is 0 Å². The molecule has 7 rings (SSSR count). The zero-order chi connectivity index (χ0) is 29.8. The second kappa shape index (κ2) is 12.1. The standard InChI is InChI=1S/C41H32O2Si/c42-38-27-25-31-15-10-12-23-36(31)40(38)41-37-24-13-11-16-32(37)26-28-39(41)43-29-14-30-44(33-17-4-1-5-18-33,34-19-6-2-7-20-34)35-21-8-3-9-22-35/h1-28,30,42H,29H2/b30-14+. The average molecular weight is 585 g/mol. The molecule has 212 valence electrons. The van der Waals surface area contributed by atoms with Gasteiger partial charge in [-0.3, -0.25) is 0 Å². The van der Waals surface area contributed by atoms with Crippen LogP contribution >= 0.6 is 0 Å². The fourth-order valence-electron chi connectivity index (χ4n) is 6.41. The zero-order valence-electron chi connectivity index (χ0n) is 24.3. The molecule has 0 saturated carbocycles. The van der Waals surface area contributed by atoms with Crippen molar-refractivity contribution in [3.8, 4) is 22.6 Å². The van der Waals surface area contributed by atoms with Gasteiger partial charge in [-0.2, -0.15) is 0 Å². The van der Waals surface area contributed by atoms with E-state index < -0.39 is 8.07 Å². The van der Waals surface area contributed by atoms with Crippen LogP contribution < -0.4 is 20.3 Å². The highest BCUT2D eigenvalue weighted by molar-refractivity contribution is 7.14. The van der Waals surface area contributed by atoms with Crippen LogP contribution in [0.25, 0.3) is 32.7 Å². The molecule has 3 heteroatoms. The van der Waals surface area contributed by atoms with Crippen molar-refractivity contribution in [1.29, 1.82) is 0 Å². The Bertz CT molecular complexity index is 1970. The lowest BCUT2D eigenvalue weighted by Gasteiger charge is -2.30. The summed E-state index contributed by atoms with van der Waals surface area (Å²) in [4.78, 5) is 0. The number of aromatic hydroxyl groups is 1. The molecule has 0 unspecified atom stereocenters. The van der Waals surface area contributed by atoms with Gasteiger partial charge in [-0.15, -0.1) is 0 Å². The van der Waals surface area contributed by atoms with Gasteiger partial charge >= 0.3 is 0 Å². The first-order valence-electron chi connectivity index (χ1n) is 15.0. The third-order valence-electron chi connectivity index (χ3n) is 8.44. The van der Waals surface area contributed by atoms with Crippen molar-refractivity contribution in [3.05, 3.63) is 176 Å². The minimum atomic E-state index is -2.53. The third kappa shape index (κ3) is 4.98. The molecule has 0 aliphatic rings. The molecule has 0 heterocycles. The van der Waals surface area contributed by atoms with Crippen molar-refractivity contribution in [2.24, 2.45) is 0 Å². The van der Waals surface area contributed by atoms with Gasteiger partial charge in [0.15, 0.2) is 8.07 Å². The molecule has 7 aromatic rings. The number of ether oxygens (including phenoxy) is 1. The summed E-state index contributed by atoms with van der Waals surface area (Å²) in [6.45, 7) is 0.387. The maximum Gasteiger partial charge on any atom is 0.172 e. The number of phenols is 1. The van der Waals surface area contributed by atoms with E-state index in [0.29, 0.717) is 6.61 Å². The lowest BCUT2D eigenvalue weighted by atomic mass is 9.92. The summed E-state index contributed by atoms with van der Waals surface area (Å²) in [5.41, 5.74) is 4.10. The molecule has 0 atom stereocenters. The highest BCUT2D eigenvalue weighted by atomic mass is 28.3. The Balaban J connectivity index is 1.34. The second-order valence-corrected chi connectivity index (χ2v) is 14.6. The van der Waals surface area contributed by atoms with Gasteiger partial charge in [0.1, 0.15) is 18.1 Å². The number of phenolic OH excluding ortho intramolecular Hbond substituents is 1. The summed E-state index contributed by atoms with van der Waals surface area (Å²) in [7, 11) is -2.53. The summed E-state index contributed by atoms with van der Waals surface area (Å²) >= 11 is 0. The van der Waals surface area contributed by atoms with E-state index in [2.05, 4.69) is 133 Å². The number of fused-ring (bicyclic) bond motifs is 2. The molecule has 0 radical (unpaired) electrons. The highest BCUT2D eigenvalue weighted by Crippen LogP contribution is 2.44. The fourth-order valence-corrected chi connectivity index (χ4v) is 10.6. The molecule has 0 aliphatic carbocycles. The van der Waals surface area contributed by atoms with Crippen LogP contribution in [0.5, 0.6) is 11.5 Å². The van der Waals surface area contributed by atoms with Crippen molar-refractivity contribution in [2.45, 2.75) is 0 Å². The first kappa shape index (κ1) is 27.5. The van der Waals surface area contributed by atoms with Crippen molar-refractivity contribution < 1.29 is 9.84 Å². The molecule has 0 spiro atoms. The Morgan fingerprint density at radius 1 is 0.477 bits per heavy atom. The Labute approximate surface area is 259 Å². The molecule has 1 N–H and O–H groups in total. The molecule has 0 saturated heterocycles. The predicted octanol–water partition coefficient (Wildman–Crippen LogP) is 8.01. The lowest BCUT2D eigenvalue weighted by molar-refractivity contribution is 0.364. The van der Waals surface area contributed by atoms with Crippen LogP contribution in [0.4, 0.5) is 0 Å². The molecule has 0 aliphatic heterocycles. The van der Waals surface area contributed by atoms with Crippen molar-refractivity contribution in [1.82, 2.24) is 0 Å². The molecule has 0 bridgehead atoms. The first-order valence-corrected chi connectivity index (χ1v) is 17.0. The van der Waals surface area contributed by atoms with Crippen LogP contribution in [0.2, 0.25) is 0 Å². The summed E-state index contributed by atoms with van der Waals surface area (Å²) in [6, 6.07) is 56.9. The SMILES string of the molecule is Oc1ccc2ccccc2c1-c1c(OC/C=C/[Si](c2ccccc2)(c2ccccc2)c2ccccc2)ccc2ccccc12. The fraction of sp³-hybridized carbons (Fsp3) is 0.0244. The largest absolute Gasteiger partial charge is 0.507 e. The quantitative estimate of drug-likeness (QED) is 0.145. The molecule has 7 aromatic carbocycles. The summed E-state index contributed by atoms with van der Waals surface area (Å²) in [5, 5.41) is 19.4. The van der Waals surface area contributed by atoms with E-state index >= 15 is 0 Å². The van der Waals surface area contributed by atoms with E-state index in [9.17, 15) is 5.11 Å². The van der Waals surface area contributed by atoms with Gasteiger partial charge in [0, 0.05) is 11.1 Å². The van der Waals surface area contributed by atoms with Crippen molar-refractivity contribution >= 4 is 45.2 Å². The minimum absolute atomic E-state index is 0.240. The highest BCUT2D eigenvalue weighted by Gasteiger charge is 2.36. The monoisotopic (exact) mass is 584 g/mol. The summed E-state index contributed by atoms with van der Waals surface area (Å²) in [6.07, 6.45) is 2.18. The van der Waals surface area contributed by atoms with E-state index in [4.69, 9.17) is 4.74 Å². The van der Waals surface area contributed by atoms with Crippen LogP contribution in [0.1, 0.15) is 0 Å². The molecule has 0 fully saturated rings. The molecular formula is C41H32O2Si. The smallest absolute Gasteiger partial charge is 0.172 e. The Kier molecular flexibility index (Phi) is 7.54. The normalized spacial score (nSPS) is 11.7. The van der Waals surface area contributed by atoms with Crippen LogP contribution in [-0.4, -0.2) is 19.8 Å².